The second kappa shape index (κ2) is 8.67. The van der Waals surface area contributed by atoms with E-state index in [0.717, 1.165) is 5.56 Å². The molecule has 30 heavy (non-hydrogen) atoms. The van der Waals surface area contributed by atoms with Gasteiger partial charge in [-0.2, -0.15) is 5.10 Å². The summed E-state index contributed by atoms with van der Waals surface area (Å²) in [5.74, 6) is 0.271. The molecule has 158 valence electrons. The van der Waals surface area contributed by atoms with Crippen LogP contribution in [-0.2, 0) is 21.2 Å². The number of phenolic OH excluding ortho intramolecular Hbond substituents is 1. The summed E-state index contributed by atoms with van der Waals surface area (Å²) in [5, 5.41) is 19.4. The van der Waals surface area contributed by atoms with E-state index in [2.05, 4.69) is 15.5 Å². The summed E-state index contributed by atoms with van der Waals surface area (Å²) in [6.45, 7) is 1.32. The van der Waals surface area contributed by atoms with Crippen molar-refractivity contribution in [1.82, 2.24) is 14.8 Å². The highest BCUT2D eigenvalue weighted by Gasteiger charge is 2.17. The van der Waals surface area contributed by atoms with Crippen LogP contribution >= 0.6 is 12.2 Å². The molecule has 0 saturated heterocycles. The molecule has 0 atom stereocenters. The average molecular weight is 449 g/mol. The van der Waals surface area contributed by atoms with Crippen LogP contribution in [-0.4, -0.2) is 47.1 Å². The van der Waals surface area contributed by atoms with Gasteiger partial charge in [-0.15, -0.1) is 0 Å². The minimum Gasteiger partial charge on any atom is -0.506 e. The Morgan fingerprint density at radius 3 is 2.60 bits per heavy atom. The zero-order valence-electron chi connectivity index (χ0n) is 16.2. The maximum Gasteiger partial charge on any atom is 0.244 e. The Balaban J connectivity index is 1.85. The SMILES string of the molecule is CCS(=O)(=O)c1ccc(O)c(NC(=O)Cn2c(-c3ccc(OC)cc3)n[nH]c2=S)c1. The number of ether oxygens (including phenoxy) is 1. The number of carbonyl (C=O) groups is 1. The Labute approximate surface area is 178 Å². The highest BCUT2D eigenvalue weighted by molar-refractivity contribution is 7.91. The van der Waals surface area contributed by atoms with E-state index in [1.54, 1.807) is 31.4 Å². The second-order valence-corrected chi connectivity index (χ2v) is 8.96. The third kappa shape index (κ3) is 4.52. The van der Waals surface area contributed by atoms with Gasteiger partial charge in [0.1, 0.15) is 18.0 Å². The van der Waals surface area contributed by atoms with Crippen molar-refractivity contribution in [2.45, 2.75) is 18.4 Å². The molecule has 0 unspecified atom stereocenters. The Morgan fingerprint density at radius 2 is 1.97 bits per heavy atom. The van der Waals surface area contributed by atoms with E-state index >= 15 is 0 Å². The summed E-state index contributed by atoms with van der Waals surface area (Å²) in [5.41, 5.74) is 0.713. The van der Waals surface area contributed by atoms with Crippen LogP contribution < -0.4 is 10.1 Å². The van der Waals surface area contributed by atoms with Gasteiger partial charge in [-0.05, 0) is 54.7 Å². The van der Waals surface area contributed by atoms with E-state index in [4.69, 9.17) is 17.0 Å². The molecular weight excluding hydrogens is 428 g/mol. The summed E-state index contributed by atoms with van der Waals surface area (Å²) in [7, 11) is -1.93. The third-order valence-electron chi connectivity index (χ3n) is 4.39. The molecule has 1 aromatic heterocycles. The van der Waals surface area contributed by atoms with Crippen molar-refractivity contribution in [3.05, 3.63) is 47.2 Å². The lowest BCUT2D eigenvalue weighted by atomic mass is 10.2. The molecular formula is C19H20N4O5S2. The number of hydrogen-bond acceptors (Lipinski definition) is 7. The molecule has 0 aliphatic rings. The Bertz CT molecular complexity index is 1230. The van der Waals surface area contributed by atoms with Gasteiger partial charge in [0.05, 0.1) is 23.4 Å². The molecule has 0 radical (unpaired) electrons. The Morgan fingerprint density at radius 1 is 1.27 bits per heavy atom. The van der Waals surface area contributed by atoms with Gasteiger partial charge in [-0.3, -0.25) is 14.5 Å². The van der Waals surface area contributed by atoms with Gasteiger partial charge in [0, 0.05) is 5.56 Å². The van der Waals surface area contributed by atoms with E-state index in [1.807, 2.05) is 0 Å². The lowest BCUT2D eigenvalue weighted by Crippen LogP contribution is -2.20. The van der Waals surface area contributed by atoms with Crippen LogP contribution in [0.3, 0.4) is 0 Å². The normalized spacial score (nSPS) is 11.3. The van der Waals surface area contributed by atoms with Gasteiger partial charge >= 0.3 is 0 Å². The number of methoxy groups -OCH3 is 1. The molecule has 2 aromatic carbocycles. The topological polar surface area (TPSA) is 126 Å². The van der Waals surface area contributed by atoms with Crippen molar-refractivity contribution in [2.75, 3.05) is 18.2 Å². The summed E-state index contributed by atoms with van der Waals surface area (Å²) in [4.78, 5) is 12.6. The van der Waals surface area contributed by atoms with Crippen LogP contribution in [0.15, 0.2) is 47.4 Å². The van der Waals surface area contributed by atoms with Crippen LogP contribution in [0.1, 0.15) is 6.92 Å². The first-order valence-electron chi connectivity index (χ1n) is 8.90. The van der Waals surface area contributed by atoms with Crippen LogP contribution in [0, 0.1) is 4.77 Å². The number of amides is 1. The summed E-state index contributed by atoms with van der Waals surface area (Å²) in [6, 6.07) is 10.8. The number of nitrogens with zero attached hydrogens (tertiary/aromatic N) is 2. The number of phenols is 1. The summed E-state index contributed by atoms with van der Waals surface area (Å²) >= 11 is 5.23. The maximum atomic E-state index is 12.6. The number of carbonyl (C=O) groups excluding carboxylic acids is 1. The van der Waals surface area contributed by atoms with Gasteiger partial charge in [0.2, 0.25) is 5.91 Å². The van der Waals surface area contributed by atoms with Crippen LogP contribution in [0.4, 0.5) is 5.69 Å². The number of aromatic amines is 1. The molecule has 11 heteroatoms. The lowest BCUT2D eigenvalue weighted by Gasteiger charge is -2.11. The molecule has 3 rings (SSSR count). The highest BCUT2D eigenvalue weighted by atomic mass is 32.2. The first-order valence-corrected chi connectivity index (χ1v) is 11.0. The first kappa shape index (κ1) is 21.5. The molecule has 0 fully saturated rings. The van der Waals surface area contributed by atoms with Gasteiger partial charge in [-0.25, -0.2) is 8.42 Å². The third-order valence-corrected chi connectivity index (χ3v) is 6.43. The molecule has 0 saturated carbocycles. The van der Waals surface area contributed by atoms with Crippen LogP contribution in [0.2, 0.25) is 0 Å². The number of rotatable bonds is 7. The van der Waals surface area contributed by atoms with E-state index in [9.17, 15) is 18.3 Å². The fourth-order valence-corrected chi connectivity index (χ4v) is 3.84. The molecule has 3 N–H and O–H groups in total. The number of aromatic hydroxyl groups is 1. The molecule has 1 heterocycles. The fourth-order valence-electron chi connectivity index (χ4n) is 2.73. The van der Waals surface area contributed by atoms with E-state index in [0.29, 0.717) is 11.6 Å². The number of aromatic nitrogens is 3. The Kier molecular flexibility index (Phi) is 6.22. The smallest absolute Gasteiger partial charge is 0.244 e. The van der Waals surface area contributed by atoms with Crippen molar-refractivity contribution < 1.29 is 23.1 Å². The average Bonchev–Trinajstić information content (AvgIpc) is 3.09. The molecule has 0 aliphatic carbocycles. The Hall–Kier alpha value is -3.18. The predicted octanol–water partition coefficient (Wildman–Crippen LogP) is 2.75. The summed E-state index contributed by atoms with van der Waals surface area (Å²) in [6.07, 6.45) is 0. The minimum absolute atomic E-state index is 0.00413. The first-order chi connectivity index (χ1) is 14.2. The number of hydrogen-bond donors (Lipinski definition) is 3. The molecule has 0 spiro atoms. The zero-order valence-corrected chi connectivity index (χ0v) is 17.9. The van der Waals surface area contributed by atoms with Gasteiger partial charge in [-0.1, -0.05) is 6.92 Å². The lowest BCUT2D eigenvalue weighted by molar-refractivity contribution is -0.116. The van der Waals surface area contributed by atoms with Crippen LogP contribution in [0.5, 0.6) is 11.5 Å². The van der Waals surface area contributed by atoms with E-state index < -0.39 is 15.7 Å². The van der Waals surface area contributed by atoms with Crippen LogP contribution in [0.25, 0.3) is 11.4 Å². The maximum absolute atomic E-state index is 12.6. The number of nitrogens with one attached hydrogen (secondary N) is 2. The number of anilines is 1. The molecule has 3 aromatic rings. The molecule has 1 amide bonds. The molecule has 9 nitrogen and oxygen atoms in total. The predicted molar refractivity (Wildman–Crippen MR) is 114 cm³/mol. The minimum atomic E-state index is -3.49. The summed E-state index contributed by atoms with van der Waals surface area (Å²) < 4.78 is 31.0. The van der Waals surface area contributed by atoms with Crippen molar-refractivity contribution in [3.63, 3.8) is 0 Å². The van der Waals surface area contributed by atoms with Crippen molar-refractivity contribution in [3.8, 4) is 22.9 Å². The van der Waals surface area contributed by atoms with E-state index in [1.165, 1.54) is 29.7 Å². The van der Waals surface area contributed by atoms with E-state index in [-0.39, 0.29) is 33.4 Å². The standard InChI is InChI=1S/C19H20N4O5S2/c1-3-30(26,27)14-8-9-16(24)15(10-14)20-17(25)11-23-18(21-22-19(23)29)12-4-6-13(28-2)7-5-12/h4-10,24H,3,11H2,1-2H3,(H,20,25)(H,22,29). The number of H-pyrrole nitrogens is 1. The zero-order chi connectivity index (χ0) is 21.9. The van der Waals surface area contributed by atoms with Gasteiger partial charge < -0.3 is 15.2 Å². The van der Waals surface area contributed by atoms with Crippen molar-refractivity contribution in [1.29, 1.82) is 0 Å². The van der Waals surface area contributed by atoms with Crippen molar-refractivity contribution >= 4 is 33.6 Å². The molecule has 0 bridgehead atoms. The van der Waals surface area contributed by atoms with Crippen molar-refractivity contribution in [2.24, 2.45) is 0 Å². The highest BCUT2D eigenvalue weighted by Crippen LogP contribution is 2.27. The fraction of sp³-hybridized carbons (Fsp3) is 0.211. The second-order valence-electron chi connectivity index (χ2n) is 6.30. The monoisotopic (exact) mass is 448 g/mol. The molecule has 0 aliphatic heterocycles. The largest absolute Gasteiger partial charge is 0.506 e. The van der Waals surface area contributed by atoms with Gasteiger partial charge in [0.25, 0.3) is 0 Å². The quantitative estimate of drug-likeness (QED) is 0.375. The van der Waals surface area contributed by atoms with Gasteiger partial charge in [0.15, 0.2) is 20.4 Å². The number of benzene rings is 2. The number of sulfone groups is 1.